The maximum atomic E-state index is 15.0. The second-order valence-corrected chi connectivity index (χ2v) is 8.23. The molecule has 1 aromatic heterocycles. The highest BCUT2D eigenvalue weighted by molar-refractivity contribution is 5.83. The molecule has 6 heteroatoms. The molecule has 2 heterocycles. The number of benzene rings is 2. The van der Waals surface area contributed by atoms with Gasteiger partial charge in [0.15, 0.2) is 0 Å². The Kier molecular flexibility index (Phi) is 7.35. The fourth-order valence-electron chi connectivity index (χ4n) is 4.53. The number of carbonyl (C=O) groups excluding carboxylic acids is 1. The molecule has 3 aromatic rings. The van der Waals surface area contributed by atoms with Crippen LogP contribution in [0.15, 0.2) is 72.9 Å². The molecule has 1 saturated heterocycles. The van der Waals surface area contributed by atoms with Gasteiger partial charge in [0.2, 0.25) is 5.91 Å². The quantitative estimate of drug-likeness (QED) is 0.531. The van der Waals surface area contributed by atoms with Gasteiger partial charge < -0.3 is 9.80 Å². The standard InChI is InChI=1S/C27H31FN4O/c1-3-30(4-2)27(33)26(21-10-6-5-7-11-21)32-18-16-31(17-19-32)25-14-13-22(20-23(25)28)24-12-8-9-15-29-24/h5-15,20,26H,3-4,16-19H2,1-2H3. The zero-order chi connectivity index (χ0) is 23.2. The van der Waals surface area contributed by atoms with Crippen LogP contribution in [0.2, 0.25) is 0 Å². The maximum absolute atomic E-state index is 15.0. The van der Waals surface area contributed by atoms with E-state index in [9.17, 15) is 4.79 Å². The van der Waals surface area contributed by atoms with Crippen molar-refractivity contribution in [3.05, 3.63) is 84.3 Å². The SMILES string of the molecule is CCN(CC)C(=O)C(c1ccccc1)N1CCN(c2ccc(-c3ccccn3)cc2F)CC1. The Morgan fingerprint density at radius 2 is 1.67 bits per heavy atom. The topological polar surface area (TPSA) is 39.7 Å². The molecule has 0 spiro atoms. The van der Waals surface area contributed by atoms with E-state index in [0.29, 0.717) is 45.0 Å². The summed E-state index contributed by atoms with van der Waals surface area (Å²) in [6.07, 6.45) is 1.71. The van der Waals surface area contributed by atoms with Crippen molar-refractivity contribution in [2.45, 2.75) is 19.9 Å². The Hall–Kier alpha value is -3.25. The molecule has 0 bridgehead atoms. The summed E-state index contributed by atoms with van der Waals surface area (Å²) in [7, 11) is 0. The van der Waals surface area contributed by atoms with Gasteiger partial charge in [0.25, 0.3) is 0 Å². The molecule has 1 amide bonds. The lowest BCUT2D eigenvalue weighted by atomic mass is 10.0. The van der Waals surface area contributed by atoms with Crippen LogP contribution in [-0.4, -0.2) is 60.0 Å². The highest BCUT2D eigenvalue weighted by Gasteiger charge is 2.33. The number of likely N-dealkylation sites (N-methyl/N-ethyl adjacent to an activating group) is 1. The Morgan fingerprint density at radius 3 is 2.27 bits per heavy atom. The number of rotatable bonds is 7. The molecule has 1 aliphatic heterocycles. The van der Waals surface area contributed by atoms with Gasteiger partial charge in [-0.15, -0.1) is 0 Å². The smallest absolute Gasteiger partial charge is 0.244 e. The highest BCUT2D eigenvalue weighted by atomic mass is 19.1. The Balaban J connectivity index is 1.50. The van der Waals surface area contributed by atoms with Crippen LogP contribution in [0.4, 0.5) is 10.1 Å². The van der Waals surface area contributed by atoms with Gasteiger partial charge in [-0.3, -0.25) is 14.7 Å². The molecule has 0 radical (unpaired) electrons. The number of piperazine rings is 1. The van der Waals surface area contributed by atoms with E-state index in [0.717, 1.165) is 16.8 Å². The Labute approximate surface area is 195 Å². The molecule has 0 N–H and O–H groups in total. The number of hydrogen-bond acceptors (Lipinski definition) is 4. The molecule has 1 aliphatic rings. The van der Waals surface area contributed by atoms with Crippen LogP contribution < -0.4 is 4.90 Å². The number of carbonyl (C=O) groups is 1. The van der Waals surface area contributed by atoms with E-state index in [2.05, 4.69) is 14.8 Å². The summed E-state index contributed by atoms with van der Waals surface area (Å²) in [5, 5.41) is 0. The lowest BCUT2D eigenvalue weighted by molar-refractivity contribution is -0.137. The van der Waals surface area contributed by atoms with Crippen molar-refractivity contribution in [3.8, 4) is 11.3 Å². The van der Waals surface area contributed by atoms with Crippen molar-refractivity contribution < 1.29 is 9.18 Å². The predicted octanol–water partition coefficient (Wildman–Crippen LogP) is 4.62. The molecular formula is C27H31FN4O. The van der Waals surface area contributed by atoms with Crippen molar-refractivity contribution in [2.75, 3.05) is 44.2 Å². The summed E-state index contributed by atoms with van der Waals surface area (Å²) in [6.45, 7) is 8.10. The van der Waals surface area contributed by atoms with Crippen molar-refractivity contribution in [2.24, 2.45) is 0 Å². The molecule has 172 valence electrons. The van der Waals surface area contributed by atoms with Gasteiger partial charge in [-0.2, -0.15) is 0 Å². The molecule has 1 fully saturated rings. The van der Waals surface area contributed by atoms with Crippen LogP contribution >= 0.6 is 0 Å². The maximum Gasteiger partial charge on any atom is 0.244 e. The monoisotopic (exact) mass is 446 g/mol. The summed E-state index contributed by atoms with van der Waals surface area (Å²) in [6, 6.07) is 20.6. The summed E-state index contributed by atoms with van der Waals surface area (Å²) in [4.78, 5) is 23.9. The first-order valence-corrected chi connectivity index (χ1v) is 11.7. The lowest BCUT2D eigenvalue weighted by Crippen LogP contribution is -2.51. The van der Waals surface area contributed by atoms with Crippen LogP contribution in [0, 0.1) is 5.82 Å². The molecule has 0 saturated carbocycles. The molecule has 33 heavy (non-hydrogen) atoms. The molecule has 0 aliphatic carbocycles. The number of aromatic nitrogens is 1. The molecular weight excluding hydrogens is 415 g/mol. The molecule has 1 unspecified atom stereocenters. The Morgan fingerprint density at radius 1 is 0.970 bits per heavy atom. The number of halogens is 1. The largest absolute Gasteiger partial charge is 0.367 e. The normalized spacial score (nSPS) is 15.3. The second kappa shape index (κ2) is 10.6. The van der Waals surface area contributed by atoms with Crippen molar-refractivity contribution in [1.82, 2.24) is 14.8 Å². The fraction of sp³-hybridized carbons (Fsp3) is 0.333. The van der Waals surface area contributed by atoms with E-state index >= 15 is 4.39 Å². The first kappa shape index (κ1) is 22.9. The number of pyridine rings is 1. The third-order valence-corrected chi connectivity index (χ3v) is 6.35. The zero-order valence-corrected chi connectivity index (χ0v) is 19.3. The number of hydrogen-bond donors (Lipinski definition) is 0. The minimum absolute atomic E-state index is 0.130. The van der Waals surface area contributed by atoms with E-state index in [1.54, 1.807) is 12.3 Å². The predicted molar refractivity (Wildman–Crippen MR) is 131 cm³/mol. The van der Waals surface area contributed by atoms with Gasteiger partial charge in [-0.1, -0.05) is 42.5 Å². The van der Waals surface area contributed by atoms with Crippen LogP contribution in [-0.2, 0) is 4.79 Å². The van der Waals surface area contributed by atoms with Crippen molar-refractivity contribution in [3.63, 3.8) is 0 Å². The molecule has 1 atom stereocenters. The molecule has 5 nitrogen and oxygen atoms in total. The highest BCUT2D eigenvalue weighted by Crippen LogP contribution is 2.29. The van der Waals surface area contributed by atoms with Crippen LogP contribution in [0.5, 0.6) is 0 Å². The summed E-state index contributed by atoms with van der Waals surface area (Å²) < 4.78 is 15.0. The van der Waals surface area contributed by atoms with Gasteiger partial charge in [0.05, 0.1) is 11.4 Å². The molecule has 2 aromatic carbocycles. The van der Waals surface area contributed by atoms with Crippen molar-refractivity contribution in [1.29, 1.82) is 0 Å². The average Bonchev–Trinajstić information content (AvgIpc) is 2.87. The van der Waals surface area contributed by atoms with Crippen molar-refractivity contribution >= 4 is 11.6 Å². The number of amides is 1. The number of anilines is 1. The van der Waals surface area contributed by atoms with Crippen LogP contribution in [0.1, 0.15) is 25.5 Å². The van der Waals surface area contributed by atoms with Gasteiger partial charge >= 0.3 is 0 Å². The van der Waals surface area contributed by atoms with E-state index in [4.69, 9.17) is 0 Å². The minimum Gasteiger partial charge on any atom is -0.367 e. The molecule has 4 rings (SSSR count). The van der Waals surface area contributed by atoms with E-state index in [1.165, 1.54) is 0 Å². The van der Waals surface area contributed by atoms with Crippen LogP contribution in [0.3, 0.4) is 0 Å². The number of nitrogens with zero attached hydrogens (tertiary/aromatic N) is 4. The Bertz CT molecular complexity index is 1050. The first-order chi connectivity index (χ1) is 16.1. The fourth-order valence-corrected chi connectivity index (χ4v) is 4.53. The van der Waals surface area contributed by atoms with E-state index < -0.39 is 0 Å². The summed E-state index contributed by atoms with van der Waals surface area (Å²) >= 11 is 0. The van der Waals surface area contributed by atoms with Gasteiger partial charge in [0, 0.05) is 51.0 Å². The van der Waals surface area contributed by atoms with Gasteiger partial charge in [-0.05, 0) is 43.7 Å². The minimum atomic E-state index is -0.315. The second-order valence-electron chi connectivity index (χ2n) is 8.23. The third-order valence-electron chi connectivity index (χ3n) is 6.35. The average molecular weight is 447 g/mol. The first-order valence-electron chi connectivity index (χ1n) is 11.7. The van der Waals surface area contributed by atoms with E-state index in [-0.39, 0.29) is 17.8 Å². The van der Waals surface area contributed by atoms with E-state index in [1.807, 2.05) is 79.4 Å². The summed E-state index contributed by atoms with van der Waals surface area (Å²) in [5.41, 5.74) is 3.13. The van der Waals surface area contributed by atoms with Gasteiger partial charge in [-0.25, -0.2) is 4.39 Å². The lowest BCUT2D eigenvalue weighted by Gasteiger charge is -2.41. The van der Waals surface area contributed by atoms with Gasteiger partial charge in [0.1, 0.15) is 11.9 Å². The summed E-state index contributed by atoms with van der Waals surface area (Å²) in [5.74, 6) is -0.115. The zero-order valence-electron chi connectivity index (χ0n) is 19.3. The third kappa shape index (κ3) is 5.06. The van der Waals surface area contributed by atoms with Crippen LogP contribution in [0.25, 0.3) is 11.3 Å².